The van der Waals surface area contributed by atoms with E-state index < -0.39 is 0 Å². The van der Waals surface area contributed by atoms with Crippen LogP contribution in [-0.4, -0.2) is 25.5 Å². The summed E-state index contributed by atoms with van der Waals surface area (Å²) in [6.07, 6.45) is 0. The number of benzene rings is 1. The Kier molecular flexibility index (Phi) is 3.03. The number of Topliss-reactive ketones (excluding diaryl/α,β-unsaturated/α-hetero) is 1. The summed E-state index contributed by atoms with van der Waals surface area (Å²) >= 11 is 6.03. The summed E-state index contributed by atoms with van der Waals surface area (Å²) in [5.41, 5.74) is 6.45. The zero-order valence-corrected chi connectivity index (χ0v) is 9.63. The highest BCUT2D eigenvalue weighted by Crippen LogP contribution is 2.39. The predicted octanol–water partition coefficient (Wildman–Crippen LogP) is 1.56. The third kappa shape index (κ3) is 1.74. The predicted molar refractivity (Wildman–Crippen MR) is 60.6 cm³/mol. The van der Waals surface area contributed by atoms with E-state index in [4.69, 9.17) is 26.8 Å². The average Bonchev–Trinajstić information content (AvgIpc) is 2.28. The van der Waals surface area contributed by atoms with Crippen LogP contribution in [0.5, 0.6) is 11.5 Å². The number of fused-ring (bicyclic) bond motifs is 1. The monoisotopic (exact) mass is 241 g/mol. The smallest absolute Gasteiger partial charge is 0.178 e. The minimum absolute atomic E-state index is 0.0692. The van der Waals surface area contributed by atoms with Gasteiger partial charge in [-0.2, -0.15) is 0 Å². The van der Waals surface area contributed by atoms with Crippen molar-refractivity contribution in [1.29, 1.82) is 0 Å². The first-order chi connectivity index (χ1) is 7.65. The molecule has 0 bridgehead atoms. The molecular weight excluding hydrogens is 230 g/mol. The molecular formula is C11H12ClNO3. The van der Waals surface area contributed by atoms with E-state index in [1.807, 2.05) is 0 Å². The van der Waals surface area contributed by atoms with E-state index in [9.17, 15) is 4.79 Å². The highest BCUT2D eigenvalue weighted by atomic mass is 35.5. The Bertz CT molecular complexity index is 445. The van der Waals surface area contributed by atoms with E-state index in [0.717, 1.165) is 0 Å². The van der Waals surface area contributed by atoms with Gasteiger partial charge in [0.2, 0.25) is 0 Å². The molecule has 0 atom stereocenters. The number of nitrogens with two attached hydrogens (primary N) is 1. The Balaban J connectivity index is 2.58. The summed E-state index contributed by atoms with van der Waals surface area (Å²) in [5.74, 6) is 0.981. The summed E-state index contributed by atoms with van der Waals surface area (Å²) in [4.78, 5) is 11.6. The topological polar surface area (TPSA) is 61.6 Å². The molecule has 1 aromatic carbocycles. The molecule has 2 rings (SSSR count). The number of halogens is 1. The normalized spacial score (nSPS) is 13.7. The van der Waals surface area contributed by atoms with Gasteiger partial charge in [-0.1, -0.05) is 11.6 Å². The molecule has 1 aliphatic rings. The van der Waals surface area contributed by atoms with Crippen molar-refractivity contribution in [3.8, 4) is 11.5 Å². The molecule has 0 spiro atoms. The fourth-order valence-electron chi connectivity index (χ4n) is 1.76. The lowest BCUT2D eigenvalue weighted by Gasteiger charge is -2.22. The van der Waals surface area contributed by atoms with Crippen molar-refractivity contribution in [3.05, 3.63) is 22.2 Å². The van der Waals surface area contributed by atoms with Gasteiger partial charge in [0.15, 0.2) is 17.3 Å². The van der Waals surface area contributed by atoms with Gasteiger partial charge in [-0.05, 0) is 6.92 Å². The zero-order chi connectivity index (χ0) is 11.7. The summed E-state index contributed by atoms with van der Waals surface area (Å²) in [5, 5.41) is 0.359. The second-order valence-electron chi connectivity index (χ2n) is 3.51. The molecule has 1 aromatic rings. The molecule has 0 aromatic heterocycles. The molecule has 4 nitrogen and oxygen atoms in total. The van der Waals surface area contributed by atoms with E-state index in [1.54, 1.807) is 13.0 Å². The van der Waals surface area contributed by atoms with Gasteiger partial charge in [0.05, 0.1) is 11.6 Å². The minimum Gasteiger partial charge on any atom is -0.486 e. The lowest BCUT2D eigenvalue weighted by Crippen LogP contribution is -2.20. The second kappa shape index (κ2) is 4.31. The Morgan fingerprint density at radius 2 is 2.19 bits per heavy atom. The Morgan fingerprint density at radius 1 is 1.50 bits per heavy atom. The van der Waals surface area contributed by atoms with Crippen molar-refractivity contribution >= 4 is 17.4 Å². The molecule has 0 radical (unpaired) electrons. The maximum atomic E-state index is 11.6. The number of ether oxygens (including phenoxy) is 2. The van der Waals surface area contributed by atoms with Crippen LogP contribution in [0.1, 0.15) is 15.9 Å². The highest BCUT2D eigenvalue weighted by molar-refractivity contribution is 6.34. The van der Waals surface area contributed by atoms with Crippen LogP contribution in [0.4, 0.5) is 0 Å². The zero-order valence-electron chi connectivity index (χ0n) is 8.88. The minimum atomic E-state index is -0.195. The lowest BCUT2D eigenvalue weighted by molar-refractivity contribution is 0.0999. The van der Waals surface area contributed by atoms with E-state index in [0.29, 0.717) is 40.9 Å². The summed E-state index contributed by atoms with van der Waals surface area (Å²) < 4.78 is 10.9. The summed E-state index contributed by atoms with van der Waals surface area (Å²) in [7, 11) is 0. The lowest BCUT2D eigenvalue weighted by atomic mass is 10.0. The first-order valence-corrected chi connectivity index (χ1v) is 5.35. The number of carbonyl (C=O) groups excluding carboxylic acids is 1. The summed E-state index contributed by atoms with van der Waals surface area (Å²) in [6.45, 7) is 2.68. The SMILES string of the molecule is Cc1c2c(cc(Cl)c1C(=O)CN)OCCO2. The molecule has 16 heavy (non-hydrogen) atoms. The van der Waals surface area contributed by atoms with E-state index in [-0.39, 0.29) is 12.3 Å². The molecule has 86 valence electrons. The van der Waals surface area contributed by atoms with Crippen LogP contribution in [0.15, 0.2) is 6.07 Å². The number of rotatable bonds is 2. The third-order valence-corrected chi connectivity index (χ3v) is 2.79. The molecule has 1 heterocycles. The van der Waals surface area contributed by atoms with Gasteiger partial charge in [-0.25, -0.2) is 0 Å². The maximum absolute atomic E-state index is 11.6. The van der Waals surface area contributed by atoms with E-state index in [1.165, 1.54) is 0 Å². The number of hydrogen-bond acceptors (Lipinski definition) is 4. The average molecular weight is 242 g/mol. The van der Waals surface area contributed by atoms with Crippen LogP contribution < -0.4 is 15.2 Å². The van der Waals surface area contributed by atoms with Crippen molar-refractivity contribution in [2.24, 2.45) is 5.73 Å². The number of hydrogen-bond donors (Lipinski definition) is 1. The second-order valence-corrected chi connectivity index (χ2v) is 3.92. The van der Waals surface area contributed by atoms with E-state index in [2.05, 4.69) is 0 Å². The van der Waals surface area contributed by atoms with Gasteiger partial charge < -0.3 is 15.2 Å². The van der Waals surface area contributed by atoms with Crippen LogP contribution in [0.25, 0.3) is 0 Å². The van der Waals surface area contributed by atoms with Gasteiger partial charge in [0.1, 0.15) is 13.2 Å². The molecule has 0 aliphatic carbocycles. The van der Waals surface area contributed by atoms with Crippen LogP contribution >= 0.6 is 11.6 Å². The molecule has 0 amide bonds. The van der Waals surface area contributed by atoms with Crippen LogP contribution in [0.3, 0.4) is 0 Å². The van der Waals surface area contributed by atoms with Gasteiger partial charge >= 0.3 is 0 Å². The fraction of sp³-hybridized carbons (Fsp3) is 0.364. The molecule has 1 aliphatic heterocycles. The molecule has 2 N–H and O–H groups in total. The van der Waals surface area contributed by atoms with Crippen molar-refractivity contribution in [2.45, 2.75) is 6.92 Å². The number of carbonyl (C=O) groups is 1. The molecule has 0 fully saturated rings. The van der Waals surface area contributed by atoms with Crippen molar-refractivity contribution < 1.29 is 14.3 Å². The maximum Gasteiger partial charge on any atom is 0.178 e. The number of ketones is 1. The molecule has 0 saturated carbocycles. The van der Waals surface area contributed by atoms with Crippen molar-refractivity contribution in [2.75, 3.05) is 19.8 Å². The molecule has 0 saturated heterocycles. The third-order valence-electron chi connectivity index (χ3n) is 2.49. The standard InChI is InChI=1S/C11H12ClNO3/c1-6-10(8(14)5-13)7(12)4-9-11(6)16-3-2-15-9/h4H,2-3,5,13H2,1H3. The van der Waals surface area contributed by atoms with Gasteiger partial charge in [-0.15, -0.1) is 0 Å². The Labute approximate surface area is 98.3 Å². The fourth-order valence-corrected chi connectivity index (χ4v) is 2.10. The first kappa shape index (κ1) is 11.2. The highest BCUT2D eigenvalue weighted by Gasteiger charge is 2.22. The Hall–Kier alpha value is -1.26. The van der Waals surface area contributed by atoms with Crippen molar-refractivity contribution in [3.63, 3.8) is 0 Å². The molecule has 5 heteroatoms. The van der Waals surface area contributed by atoms with Crippen LogP contribution in [-0.2, 0) is 0 Å². The van der Waals surface area contributed by atoms with Gasteiger partial charge in [0, 0.05) is 17.2 Å². The molecule has 0 unspecified atom stereocenters. The van der Waals surface area contributed by atoms with E-state index >= 15 is 0 Å². The van der Waals surface area contributed by atoms with Crippen molar-refractivity contribution in [1.82, 2.24) is 0 Å². The Morgan fingerprint density at radius 3 is 2.88 bits per heavy atom. The van der Waals surface area contributed by atoms with Gasteiger partial charge in [0.25, 0.3) is 0 Å². The quantitative estimate of drug-likeness (QED) is 0.799. The van der Waals surface area contributed by atoms with Crippen LogP contribution in [0.2, 0.25) is 5.02 Å². The first-order valence-electron chi connectivity index (χ1n) is 4.97. The largest absolute Gasteiger partial charge is 0.486 e. The van der Waals surface area contributed by atoms with Gasteiger partial charge in [-0.3, -0.25) is 4.79 Å². The summed E-state index contributed by atoms with van der Waals surface area (Å²) in [6, 6.07) is 1.60. The van der Waals surface area contributed by atoms with Crippen LogP contribution in [0, 0.1) is 6.92 Å².